The van der Waals surface area contributed by atoms with E-state index in [9.17, 15) is 35.9 Å². The van der Waals surface area contributed by atoms with Crippen LogP contribution in [0.25, 0.3) is 11.4 Å². The van der Waals surface area contributed by atoms with Crippen LogP contribution in [0.1, 0.15) is 29.7 Å². The number of alkyl halides is 6. The van der Waals surface area contributed by atoms with Gasteiger partial charge in [0, 0.05) is 29.1 Å². The lowest BCUT2D eigenvalue weighted by atomic mass is 9.81. The van der Waals surface area contributed by atoms with Crippen LogP contribution in [-0.4, -0.2) is 22.0 Å². The topological polar surface area (TPSA) is 84.1 Å². The van der Waals surface area contributed by atoms with Crippen molar-refractivity contribution < 1.29 is 40.3 Å². The van der Waals surface area contributed by atoms with Crippen LogP contribution in [0.2, 0.25) is 5.02 Å². The molecule has 2 N–H and O–H groups in total. The van der Waals surface area contributed by atoms with E-state index in [4.69, 9.17) is 16.3 Å². The van der Waals surface area contributed by atoms with Crippen molar-refractivity contribution in [1.82, 2.24) is 15.3 Å². The molecule has 0 radical (unpaired) electrons. The van der Waals surface area contributed by atoms with Gasteiger partial charge in [-0.05, 0) is 43.2 Å². The number of amides is 1. The van der Waals surface area contributed by atoms with Crippen LogP contribution in [0.5, 0.6) is 5.75 Å². The van der Waals surface area contributed by atoms with Crippen LogP contribution in [0.15, 0.2) is 47.3 Å². The van der Waals surface area contributed by atoms with E-state index >= 15 is 4.39 Å². The van der Waals surface area contributed by atoms with Gasteiger partial charge in [-0.2, -0.15) is 26.3 Å². The average molecular weight is 564 g/mol. The highest BCUT2D eigenvalue weighted by Crippen LogP contribution is 2.39. The molecular formula is C24H17ClF7N3O3. The van der Waals surface area contributed by atoms with Crippen LogP contribution in [-0.2, 0) is 23.7 Å². The zero-order valence-corrected chi connectivity index (χ0v) is 19.8. The van der Waals surface area contributed by atoms with Crippen molar-refractivity contribution in [1.29, 1.82) is 0 Å². The van der Waals surface area contributed by atoms with E-state index in [-0.39, 0.29) is 12.2 Å². The molecule has 0 atom stereocenters. The second-order valence-electron chi connectivity index (χ2n) is 8.52. The lowest BCUT2D eigenvalue weighted by Gasteiger charge is -2.34. The summed E-state index contributed by atoms with van der Waals surface area (Å²) >= 11 is 5.81. The van der Waals surface area contributed by atoms with Gasteiger partial charge in [-0.3, -0.25) is 9.59 Å². The van der Waals surface area contributed by atoms with E-state index < -0.39 is 70.3 Å². The smallest absolute Gasteiger partial charge is 0.433 e. The first-order valence-corrected chi connectivity index (χ1v) is 11.4. The first kappa shape index (κ1) is 27.4. The summed E-state index contributed by atoms with van der Waals surface area (Å²) in [6.07, 6.45) is -9.93. The molecule has 1 aromatic heterocycles. The summed E-state index contributed by atoms with van der Waals surface area (Å²) in [6.45, 7) is -0.557. The first-order chi connectivity index (χ1) is 17.7. The number of hydrogen-bond acceptors (Lipinski definition) is 4. The van der Waals surface area contributed by atoms with Gasteiger partial charge in [-0.25, -0.2) is 9.37 Å². The van der Waals surface area contributed by atoms with Crippen LogP contribution in [0.3, 0.4) is 0 Å². The molecule has 0 unspecified atom stereocenters. The van der Waals surface area contributed by atoms with E-state index in [1.54, 1.807) is 29.2 Å². The number of carbonyl (C=O) groups excluding carboxylic acids is 1. The first-order valence-electron chi connectivity index (χ1n) is 11.0. The molecule has 4 rings (SSSR count). The van der Waals surface area contributed by atoms with E-state index in [1.165, 1.54) is 0 Å². The fourth-order valence-corrected chi connectivity index (χ4v) is 3.98. The minimum Gasteiger partial charge on any atom is -0.490 e. The number of benzene rings is 2. The van der Waals surface area contributed by atoms with Crippen LogP contribution in [0, 0.1) is 11.7 Å². The molecule has 0 bridgehead atoms. The maximum absolute atomic E-state index is 15.3. The molecular weight excluding hydrogens is 547 g/mol. The average Bonchev–Trinajstić information content (AvgIpc) is 2.79. The Morgan fingerprint density at radius 1 is 1.05 bits per heavy atom. The molecule has 38 heavy (non-hydrogen) atoms. The molecule has 1 aliphatic rings. The van der Waals surface area contributed by atoms with Crippen molar-refractivity contribution in [3.63, 3.8) is 0 Å². The molecule has 1 saturated carbocycles. The second kappa shape index (κ2) is 10.3. The lowest BCUT2D eigenvalue weighted by molar-refractivity contribution is -0.141. The summed E-state index contributed by atoms with van der Waals surface area (Å²) < 4.78 is 101. The van der Waals surface area contributed by atoms with Gasteiger partial charge < -0.3 is 15.0 Å². The predicted molar refractivity (Wildman–Crippen MR) is 121 cm³/mol. The quantitative estimate of drug-likeness (QED) is 0.375. The van der Waals surface area contributed by atoms with Crippen molar-refractivity contribution >= 4 is 17.5 Å². The number of carbonyl (C=O) groups is 1. The Hall–Kier alpha value is -3.61. The van der Waals surface area contributed by atoms with Crippen molar-refractivity contribution in [3.8, 4) is 17.1 Å². The van der Waals surface area contributed by atoms with Gasteiger partial charge in [0.15, 0.2) is 5.69 Å². The number of aromatic nitrogens is 2. The Kier molecular flexibility index (Phi) is 7.42. The fourth-order valence-electron chi connectivity index (χ4n) is 3.85. The molecule has 202 valence electrons. The van der Waals surface area contributed by atoms with Gasteiger partial charge in [0.2, 0.25) is 5.91 Å². The van der Waals surface area contributed by atoms with Gasteiger partial charge in [0.05, 0.1) is 11.1 Å². The number of aromatic amines is 1. The second-order valence-corrected chi connectivity index (χ2v) is 8.95. The Labute approximate surface area is 214 Å². The third-order valence-electron chi connectivity index (χ3n) is 5.83. The Morgan fingerprint density at radius 3 is 2.32 bits per heavy atom. The monoisotopic (exact) mass is 563 g/mol. The van der Waals surface area contributed by atoms with Crippen LogP contribution in [0.4, 0.5) is 30.7 Å². The third-order valence-corrected chi connectivity index (χ3v) is 6.08. The normalized spacial score (nSPS) is 17.6. The van der Waals surface area contributed by atoms with E-state index in [0.717, 1.165) is 6.07 Å². The maximum atomic E-state index is 15.3. The number of nitrogens with one attached hydrogen (secondary N) is 2. The fraction of sp³-hybridized carbons (Fsp3) is 0.292. The van der Waals surface area contributed by atoms with Gasteiger partial charge in [0.1, 0.15) is 23.5 Å². The lowest BCUT2D eigenvalue weighted by Crippen LogP contribution is -2.43. The molecule has 0 saturated heterocycles. The molecule has 14 heteroatoms. The van der Waals surface area contributed by atoms with E-state index in [1.807, 2.05) is 0 Å². The molecule has 3 aromatic rings. The Balaban J connectivity index is 1.51. The molecule has 2 aromatic carbocycles. The van der Waals surface area contributed by atoms with Gasteiger partial charge in [0.25, 0.3) is 5.56 Å². The molecule has 6 nitrogen and oxygen atoms in total. The highest BCUT2D eigenvalue weighted by molar-refractivity contribution is 6.30. The third kappa shape index (κ3) is 6.09. The van der Waals surface area contributed by atoms with E-state index in [2.05, 4.69) is 10.3 Å². The minimum absolute atomic E-state index is 0.0429. The van der Waals surface area contributed by atoms with Crippen molar-refractivity contribution in [2.24, 2.45) is 5.92 Å². The summed E-state index contributed by atoms with van der Waals surface area (Å²) in [5, 5.41) is 2.94. The standard InChI is InChI=1S/C24H17ClF7N3O3/c25-13-2-4-14(5-3-13)38-15-7-12(8-15)22(37)33-10-11-1-6-16(23(27,28)29)19(20(11)26)21-34-17(24(30,31)32)9-18(36)35-21/h1-6,9,12,15H,7-8,10H2,(H,33,37)(H,34,35,36)/t12-,15-. The Bertz CT molecular complexity index is 1400. The number of rotatable bonds is 6. The molecule has 0 aliphatic heterocycles. The van der Waals surface area contributed by atoms with Crippen molar-refractivity contribution in [3.05, 3.63) is 80.5 Å². The minimum atomic E-state index is -5.18. The van der Waals surface area contributed by atoms with Crippen molar-refractivity contribution in [2.45, 2.75) is 37.8 Å². The van der Waals surface area contributed by atoms with Gasteiger partial charge in [-0.15, -0.1) is 0 Å². The molecule has 0 spiro atoms. The van der Waals surface area contributed by atoms with Gasteiger partial charge >= 0.3 is 12.4 Å². The van der Waals surface area contributed by atoms with Crippen molar-refractivity contribution in [2.75, 3.05) is 0 Å². The SMILES string of the molecule is O=c1cc(C(F)(F)F)nc(-c2c(C(F)(F)F)ccc(CNC(=O)[C@H]3C[C@H](Oc4ccc(Cl)cc4)C3)c2F)[nH]1. The Morgan fingerprint density at radius 2 is 1.71 bits per heavy atom. The summed E-state index contributed by atoms with van der Waals surface area (Å²) in [7, 11) is 0. The summed E-state index contributed by atoms with van der Waals surface area (Å²) in [5.41, 5.74) is -6.67. The maximum Gasteiger partial charge on any atom is 0.433 e. The highest BCUT2D eigenvalue weighted by atomic mass is 35.5. The highest BCUT2D eigenvalue weighted by Gasteiger charge is 2.39. The van der Waals surface area contributed by atoms with E-state index in [0.29, 0.717) is 29.7 Å². The summed E-state index contributed by atoms with van der Waals surface area (Å²) in [5.74, 6) is -3.28. The summed E-state index contributed by atoms with van der Waals surface area (Å²) in [6, 6.07) is 7.83. The molecule has 1 amide bonds. The largest absolute Gasteiger partial charge is 0.490 e. The number of halogens is 8. The number of hydrogen-bond donors (Lipinski definition) is 2. The zero-order valence-electron chi connectivity index (χ0n) is 19.0. The molecule has 1 fully saturated rings. The zero-order chi connectivity index (χ0) is 27.8. The van der Waals surface area contributed by atoms with Crippen LogP contribution >= 0.6 is 11.6 Å². The number of nitrogens with zero attached hydrogens (tertiary/aromatic N) is 1. The van der Waals surface area contributed by atoms with Crippen LogP contribution < -0.4 is 15.6 Å². The molecule has 1 heterocycles. The van der Waals surface area contributed by atoms with Gasteiger partial charge in [-0.1, -0.05) is 17.7 Å². The molecule has 1 aliphatic carbocycles. The number of H-pyrrole nitrogens is 1. The summed E-state index contributed by atoms with van der Waals surface area (Å²) in [4.78, 5) is 28.9. The predicted octanol–water partition coefficient (Wildman–Crippen LogP) is 5.74. The number of ether oxygens (including phenoxy) is 1.